The number of ether oxygens (including phenoxy) is 1. The molecule has 1 spiro atoms. The van der Waals surface area contributed by atoms with E-state index < -0.39 is 9.84 Å². The summed E-state index contributed by atoms with van der Waals surface area (Å²) in [6.07, 6.45) is 9.16. The Labute approximate surface area is 228 Å². The summed E-state index contributed by atoms with van der Waals surface area (Å²) in [5, 5.41) is 7.67. The molecule has 12 heteroatoms. The lowest BCUT2D eigenvalue weighted by atomic mass is 9.72. The monoisotopic (exact) mass is 553 g/mol. The Kier molecular flexibility index (Phi) is 6.40. The van der Waals surface area contributed by atoms with Crippen LogP contribution in [-0.4, -0.2) is 77.2 Å². The number of hydrogen-bond acceptors (Lipinski definition) is 9. The van der Waals surface area contributed by atoms with Crippen molar-refractivity contribution >= 4 is 38.5 Å². The zero-order valence-electron chi connectivity index (χ0n) is 22.4. The predicted octanol–water partition coefficient (Wildman–Crippen LogP) is 2.72. The lowest BCUT2D eigenvalue weighted by Gasteiger charge is -2.36. The van der Waals surface area contributed by atoms with Gasteiger partial charge in [-0.2, -0.15) is 10.1 Å². The van der Waals surface area contributed by atoms with Crippen molar-refractivity contribution in [2.45, 2.75) is 50.3 Å². The molecule has 1 aromatic carbocycles. The number of methoxy groups -OCH3 is 1. The summed E-state index contributed by atoms with van der Waals surface area (Å²) in [5.74, 6) is 1.98. The van der Waals surface area contributed by atoms with Crippen LogP contribution in [0.1, 0.15) is 54.4 Å². The van der Waals surface area contributed by atoms with Gasteiger partial charge in [0.2, 0.25) is 5.95 Å². The van der Waals surface area contributed by atoms with Crippen molar-refractivity contribution in [2.24, 2.45) is 11.3 Å². The average Bonchev–Trinajstić information content (AvgIpc) is 3.60. The number of nitrogens with zero attached hydrogens (tertiary/aromatic N) is 5. The van der Waals surface area contributed by atoms with E-state index in [9.17, 15) is 13.2 Å². The molecule has 1 amide bonds. The first-order valence-electron chi connectivity index (χ1n) is 13.5. The van der Waals surface area contributed by atoms with Gasteiger partial charge < -0.3 is 20.7 Å². The van der Waals surface area contributed by atoms with Crippen LogP contribution < -0.4 is 15.8 Å². The van der Waals surface area contributed by atoms with Gasteiger partial charge in [-0.15, -0.1) is 0 Å². The fraction of sp³-hybridized carbons (Fsp3) is 0.556. The number of rotatable bonds is 8. The number of likely N-dealkylation sites (tertiary alicyclic amines) is 1. The van der Waals surface area contributed by atoms with Gasteiger partial charge in [0.1, 0.15) is 26.6 Å². The smallest absolute Gasteiger partial charge is 0.253 e. The van der Waals surface area contributed by atoms with Gasteiger partial charge in [0, 0.05) is 37.0 Å². The molecule has 2 aliphatic carbocycles. The number of amides is 1. The van der Waals surface area contributed by atoms with E-state index >= 15 is 0 Å². The zero-order valence-corrected chi connectivity index (χ0v) is 23.2. The molecule has 3 fully saturated rings. The van der Waals surface area contributed by atoms with E-state index in [4.69, 9.17) is 10.5 Å². The summed E-state index contributed by atoms with van der Waals surface area (Å²) in [6.45, 7) is 2.08. The molecular weight excluding hydrogens is 518 g/mol. The third kappa shape index (κ3) is 5.13. The van der Waals surface area contributed by atoms with Gasteiger partial charge in [0.25, 0.3) is 5.91 Å². The van der Waals surface area contributed by atoms with E-state index in [-0.39, 0.29) is 17.1 Å². The van der Waals surface area contributed by atoms with Crippen LogP contribution in [-0.2, 0) is 16.4 Å². The largest absolute Gasteiger partial charge is 0.496 e. The molecule has 39 heavy (non-hydrogen) atoms. The molecular formula is C27H35N7O4S. The van der Waals surface area contributed by atoms with Gasteiger partial charge in [0.15, 0.2) is 5.82 Å². The number of aromatic nitrogens is 4. The van der Waals surface area contributed by atoms with Gasteiger partial charge in [0.05, 0.1) is 25.1 Å². The Balaban J connectivity index is 1.19. The Bertz CT molecular complexity index is 1520. The number of piperidine rings is 1. The van der Waals surface area contributed by atoms with E-state index in [1.54, 1.807) is 30.3 Å². The fourth-order valence-corrected chi connectivity index (χ4v) is 7.30. The van der Waals surface area contributed by atoms with Crippen molar-refractivity contribution in [3.8, 4) is 5.75 Å². The van der Waals surface area contributed by atoms with Crippen LogP contribution in [0.3, 0.4) is 0 Å². The van der Waals surface area contributed by atoms with Crippen LogP contribution in [0.25, 0.3) is 11.0 Å². The molecule has 3 N–H and O–H groups in total. The molecule has 0 bridgehead atoms. The molecule has 3 aliphatic rings. The van der Waals surface area contributed by atoms with E-state index in [1.807, 2.05) is 10.7 Å². The average molecular weight is 554 g/mol. The number of fused-ring (bicyclic) bond motifs is 1. The predicted molar refractivity (Wildman–Crippen MR) is 148 cm³/mol. The third-order valence-electron chi connectivity index (χ3n) is 8.65. The minimum atomic E-state index is -3.10. The summed E-state index contributed by atoms with van der Waals surface area (Å²) in [7, 11) is -1.52. The minimum Gasteiger partial charge on any atom is -0.496 e. The number of hydrogen-bond donors (Lipinski definition) is 2. The van der Waals surface area contributed by atoms with Crippen LogP contribution in [0.5, 0.6) is 5.75 Å². The van der Waals surface area contributed by atoms with Crippen LogP contribution >= 0.6 is 0 Å². The number of sulfone groups is 1. The van der Waals surface area contributed by atoms with Gasteiger partial charge in [-0.3, -0.25) is 9.48 Å². The second-order valence-corrected chi connectivity index (χ2v) is 13.8. The number of anilines is 2. The molecule has 0 atom stereocenters. The SMILES string of the molecule is COc1cc(C(=O)N2CCC(S(C)(=O)=O)CC2)ccc1Cn1ncc2nc(N)nc(NCC3CC4(CC4)C3)c21. The number of nitrogen functional groups attached to an aromatic ring is 1. The Morgan fingerprint density at radius 2 is 1.95 bits per heavy atom. The summed E-state index contributed by atoms with van der Waals surface area (Å²) in [6, 6.07) is 5.40. The number of nitrogens with two attached hydrogens (primary N) is 1. The Morgan fingerprint density at radius 3 is 2.62 bits per heavy atom. The molecule has 208 valence electrons. The highest BCUT2D eigenvalue weighted by molar-refractivity contribution is 7.91. The Morgan fingerprint density at radius 1 is 1.21 bits per heavy atom. The highest BCUT2D eigenvalue weighted by atomic mass is 32.2. The molecule has 3 aromatic rings. The van der Waals surface area contributed by atoms with Crippen molar-refractivity contribution in [3.05, 3.63) is 35.5 Å². The summed E-state index contributed by atoms with van der Waals surface area (Å²) >= 11 is 0. The molecule has 0 unspecified atom stereocenters. The maximum absolute atomic E-state index is 13.2. The second-order valence-electron chi connectivity index (χ2n) is 11.5. The van der Waals surface area contributed by atoms with Crippen LogP contribution in [0.2, 0.25) is 0 Å². The van der Waals surface area contributed by atoms with Gasteiger partial charge in [-0.25, -0.2) is 13.4 Å². The molecule has 2 saturated carbocycles. The number of carbonyl (C=O) groups excluding carboxylic acids is 1. The van der Waals surface area contributed by atoms with Crippen molar-refractivity contribution in [3.63, 3.8) is 0 Å². The van der Waals surface area contributed by atoms with Gasteiger partial charge in [-0.1, -0.05) is 6.07 Å². The standard InChI is InChI=1S/C27H35N7O4S/c1-38-22-11-18(25(35)33-9-5-20(6-10-33)39(2,36)37)3-4-19(22)16-34-23-21(15-30-34)31-26(28)32-24(23)29-14-17-12-27(13-17)7-8-27/h3-4,11,15,17,20H,5-10,12-14,16H2,1-2H3,(H3,28,29,31,32). The summed E-state index contributed by atoms with van der Waals surface area (Å²) in [5.41, 5.74) is 9.44. The van der Waals surface area contributed by atoms with Crippen LogP contribution in [0.15, 0.2) is 24.4 Å². The zero-order chi connectivity index (χ0) is 27.4. The van der Waals surface area contributed by atoms with Crippen LogP contribution in [0, 0.1) is 11.3 Å². The highest BCUT2D eigenvalue weighted by Crippen LogP contribution is 2.63. The molecule has 11 nitrogen and oxygen atoms in total. The number of nitrogens with one attached hydrogen (secondary N) is 1. The van der Waals surface area contributed by atoms with E-state index in [0.717, 1.165) is 17.6 Å². The lowest BCUT2D eigenvalue weighted by molar-refractivity contribution is 0.0725. The first-order chi connectivity index (χ1) is 18.6. The highest BCUT2D eigenvalue weighted by Gasteiger charge is 2.52. The number of benzene rings is 1. The molecule has 2 aromatic heterocycles. The summed E-state index contributed by atoms with van der Waals surface area (Å²) in [4.78, 5) is 23.7. The second kappa shape index (κ2) is 9.65. The molecule has 6 rings (SSSR count). The van der Waals surface area contributed by atoms with E-state index in [2.05, 4.69) is 20.4 Å². The van der Waals surface area contributed by atoms with Crippen LogP contribution in [0.4, 0.5) is 11.8 Å². The van der Waals surface area contributed by atoms with Gasteiger partial charge >= 0.3 is 0 Å². The first kappa shape index (κ1) is 25.8. The maximum Gasteiger partial charge on any atom is 0.253 e. The van der Waals surface area contributed by atoms with E-state index in [1.165, 1.54) is 31.9 Å². The molecule has 0 radical (unpaired) electrons. The van der Waals surface area contributed by atoms with Crippen molar-refractivity contribution in [2.75, 3.05) is 44.1 Å². The maximum atomic E-state index is 13.2. The normalized spacial score (nSPS) is 19.3. The quantitative estimate of drug-likeness (QED) is 0.430. The van der Waals surface area contributed by atoms with Crippen molar-refractivity contribution in [1.82, 2.24) is 24.6 Å². The Hall–Kier alpha value is -3.41. The first-order valence-corrected chi connectivity index (χ1v) is 15.5. The van der Waals surface area contributed by atoms with E-state index in [0.29, 0.717) is 66.5 Å². The topological polar surface area (TPSA) is 145 Å². The molecule has 1 saturated heterocycles. The molecule has 1 aliphatic heterocycles. The number of carbonyl (C=O) groups is 1. The summed E-state index contributed by atoms with van der Waals surface area (Å²) < 4.78 is 31.2. The fourth-order valence-electron chi connectivity index (χ4n) is 6.23. The minimum absolute atomic E-state index is 0.129. The van der Waals surface area contributed by atoms with Crippen molar-refractivity contribution in [1.29, 1.82) is 0 Å². The molecule has 3 heterocycles. The van der Waals surface area contributed by atoms with Gasteiger partial charge in [-0.05, 0) is 62.0 Å². The lowest BCUT2D eigenvalue weighted by Crippen LogP contribution is -2.42. The van der Waals surface area contributed by atoms with Crippen molar-refractivity contribution < 1.29 is 17.9 Å². The third-order valence-corrected chi connectivity index (χ3v) is 10.3.